The third kappa shape index (κ3) is 2.65. The first kappa shape index (κ1) is 11.7. The van der Waals surface area contributed by atoms with Crippen LogP contribution in [0.1, 0.15) is 27.2 Å². The largest absolute Gasteiger partial charge is 0.444 e. The van der Waals surface area contributed by atoms with Crippen molar-refractivity contribution in [3.8, 4) is 0 Å². The lowest BCUT2D eigenvalue weighted by Crippen LogP contribution is -2.41. The summed E-state index contributed by atoms with van der Waals surface area (Å²) in [5, 5.41) is 2.75. The van der Waals surface area contributed by atoms with Crippen LogP contribution in [0.15, 0.2) is 0 Å². The Hall–Kier alpha value is -0.810. The second kappa shape index (κ2) is 3.89. The van der Waals surface area contributed by atoms with Gasteiger partial charge in [-0.3, -0.25) is 0 Å². The maximum atomic E-state index is 11.4. The number of hydrogen-bond donors (Lipinski definition) is 1. The molecule has 2 atom stereocenters. The van der Waals surface area contributed by atoms with E-state index >= 15 is 0 Å². The molecule has 0 aliphatic carbocycles. The number of hydrogen-bond acceptors (Lipinski definition) is 4. The van der Waals surface area contributed by atoms with Crippen LogP contribution in [-0.4, -0.2) is 43.2 Å². The highest BCUT2D eigenvalue weighted by atomic mass is 16.6. The van der Waals surface area contributed by atoms with Gasteiger partial charge in [0.15, 0.2) is 0 Å². The molecule has 0 aromatic carbocycles. The Labute approximate surface area is 95.4 Å². The van der Waals surface area contributed by atoms with Crippen molar-refractivity contribution in [2.75, 3.05) is 19.8 Å². The van der Waals surface area contributed by atoms with E-state index in [4.69, 9.17) is 14.2 Å². The van der Waals surface area contributed by atoms with Gasteiger partial charge in [0.05, 0.1) is 13.2 Å². The molecule has 2 rings (SSSR count). The SMILES string of the molecule is CC(C)(C)OC(=O)NCC12CCOCC1O2. The Morgan fingerprint density at radius 3 is 2.94 bits per heavy atom. The van der Waals surface area contributed by atoms with E-state index in [0.717, 1.165) is 6.42 Å². The van der Waals surface area contributed by atoms with Crippen molar-refractivity contribution in [2.45, 2.75) is 44.5 Å². The fourth-order valence-electron chi connectivity index (χ4n) is 1.87. The van der Waals surface area contributed by atoms with E-state index in [-0.39, 0.29) is 17.8 Å². The quantitative estimate of drug-likeness (QED) is 0.719. The fraction of sp³-hybridized carbons (Fsp3) is 0.909. The van der Waals surface area contributed by atoms with Crippen LogP contribution >= 0.6 is 0 Å². The van der Waals surface area contributed by atoms with Gasteiger partial charge in [0, 0.05) is 13.0 Å². The smallest absolute Gasteiger partial charge is 0.407 e. The first-order valence-corrected chi connectivity index (χ1v) is 5.64. The van der Waals surface area contributed by atoms with Crippen molar-refractivity contribution in [1.82, 2.24) is 5.32 Å². The van der Waals surface area contributed by atoms with Crippen LogP contribution in [0.2, 0.25) is 0 Å². The standard InChI is InChI=1S/C11H19NO4/c1-10(2,3)16-9(13)12-7-11-4-5-14-6-8(11)15-11/h8H,4-7H2,1-3H3,(H,12,13). The Bertz CT molecular complexity index is 286. The van der Waals surface area contributed by atoms with Crippen LogP contribution in [0.25, 0.3) is 0 Å². The lowest BCUT2D eigenvalue weighted by molar-refractivity contribution is 0.0496. The summed E-state index contributed by atoms with van der Waals surface area (Å²) in [5.74, 6) is 0. The molecule has 0 bridgehead atoms. The van der Waals surface area contributed by atoms with Crippen molar-refractivity contribution in [1.29, 1.82) is 0 Å². The maximum Gasteiger partial charge on any atom is 0.407 e. The predicted octanol–water partition coefficient (Wildman–Crippen LogP) is 1.07. The summed E-state index contributed by atoms with van der Waals surface area (Å²) in [4.78, 5) is 11.4. The molecular weight excluding hydrogens is 210 g/mol. The summed E-state index contributed by atoms with van der Waals surface area (Å²) in [6, 6.07) is 0. The van der Waals surface area contributed by atoms with Gasteiger partial charge < -0.3 is 19.5 Å². The van der Waals surface area contributed by atoms with Crippen LogP contribution in [-0.2, 0) is 14.2 Å². The average molecular weight is 229 g/mol. The van der Waals surface area contributed by atoms with Crippen LogP contribution in [0.3, 0.4) is 0 Å². The molecule has 0 radical (unpaired) electrons. The fourth-order valence-corrected chi connectivity index (χ4v) is 1.87. The zero-order valence-electron chi connectivity index (χ0n) is 10.0. The van der Waals surface area contributed by atoms with Gasteiger partial charge in [-0.2, -0.15) is 0 Å². The molecule has 2 aliphatic heterocycles. The zero-order chi connectivity index (χ0) is 11.8. The Balaban J connectivity index is 1.74. The highest BCUT2D eigenvalue weighted by molar-refractivity contribution is 5.67. The van der Waals surface area contributed by atoms with Crippen LogP contribution in [0.5, 0.6) is 0 Å². The second-order valence-corrected chi connectivity index (χ2v) is 5.35. The monoisotopic (exact) mass is 229 g/mol. The maximum absolute atomic E-state index is 11.4. The first-order chi connectivity index (χ1) is 7.41. The van der Waals surface area contributed by atoms with Gasteiger partial charge in [0.25, 0.3) is 0 Å². The van der Waals surface area contributed by atoms with Crippen molar-refractivity contribution in [2.24, 2.45) is 0 Å². The van der Waals surface area contributed by atoms with Crippen molar-refractivity contribution >= 4 is 6.09 Å². The van der Waals surface area contributed by atoms with E-state index in [1.807, 2.05) is 20.8 Å². The number of carbonyl (C=O) groups is 1. The van der Waals surface area contributed by atoms with E-state index in [0.29, 0.717) is 19.8 Å². The van der Waals surface area contributed by atoms with Gasteiger partial charge in [0.1, 0.15) is 17.3 Å². The third-order valence-electron chi connectivity index (χ3n) is 2.78. The molecule has 92 valence electrons. The molecule has 1 N–H and O–H groups in total. The molecule has 0 aromatic rings. The third-order valence-corrected chi connectivity index (χ3v) is 2.78. The predicted molar refractivity (Wildman–Crippen MR) is 57.3 cm³/mol. The van der Waals surface area contributed by atoms with E-state index in [2.05, 4.69) is 5.32 Å². The van der Waals surface area contributed by atoms with Gasteiger partial charge in [0.2, 0.25) is 0 Å². The number of ether oxygens (including phenoxy) is 3. The topological polar surface area (TPSA) is 60.1 Å². The lowest BCUT2D eigenvalue weighted by atomic mass is 10.0. The number of rotatable bonds is 2. The number of nitrogens with one attached hydrogen (secondary N) is 1. The molecule has 2 unspecified atom stereocenters. The van der Waals surface area contributed by atoms with Crippen LogP contribution in [0.4, 0.5) is 4.79 Å². The summed E-state index contributed by atoms with van der Waals surface area (Å²) in [5.41, 5.74) is -0.642. The van der Waals surface area contributed by atoms with Gasteiger partial charge in [-0.25, -0.2) is 4.79 Å². The molecule has 0 saturated carbocycles. The number of epoxide rings is 1. The summed E-state index contributed by atoms with van der Waals surface area (Å²) >= 11 is 0. The van der Waals surface area contributed by atoms with Crippen LogP contribution in [0, 0.1) is 0 Å². The summed E-state index contributed by atoms with van der Waals surface area (Å²) in [6.45, 7) is 7.37. The molecular formula is C11H19NO4. The minimum absolute atomic E-state index is 0.149. The van der Waals surface area contributed by atoms with E-state index < -0.39 is 5.60 Å². The number of fused-ring (bicyclic) bond motifs is 1. The van der Waals surface area contributed by atoms with Crippen LogP contribution < -0.4 is 5.32 Å². The number of alkyl carbamates (subject to hydrolysis) is 1. The number of carbonyl (C=O) groups excluding carboxylic acids is 1. The average Bonchev–Trinajstić information content (AvgIpc) is 2.87. The van der Waals surface area contributed by atoms with Gasteiger partial charge in [-0.15, -0.1) is 0 Å². The molecule has 16 heavy (non-hydrogen) atoms. The lowest BCUT2D eigenvalue weighted by Gasteiger charge is -2.22. The van der Waals surface area contributed by atoms with Crippen molar-refractivity contribution in [3.05, 3.63) is 0 Å². The molecule has 1 amide bonds. The highest BCUT2D eigenvalue weighted by Gasteiger charge is 2.58. The summed E-state index contributed by atoms with van der Waals surface area (Å²) in [6.07, 6.45) is 0.604. The molecule has 2 aliphatic rings. The van der Waals surface area contributed by atoms with Gasteiger partial charge in [-0.05, 0) is 20.8 Å². The van der Waals surface area contributed by atoms with E-state index in [9.17, 15) is 4.79 Å². The summed E-state index contributed by atoms with van der Waals surface area (Å²) < 4.78 is 16.0. The summed E-state index contributed by atoms with van der Waals surface area (Å²) in [7, 11) is 0. The second-order valence-electron chi connectivity index (χ2n) is 5.35. The molecule has 2 fully saturated rings. The van der Waals surface area contributed by atoms with E-state index in [1.165, 1.54) is 0 Å². The Kier molecular flexibility index (Phi) is 2.84. The molecule has 5 nitrogen and oxygen atoms in total. The molecule has 0 spiro atoms. The highest BCUT2D eigenvalue weighted by Crippen LogP contribution is 2.42. The van der Waals surface area contributed by atoms with E-state index in [1.54, 1.807) is 0 Å². The normalized spacial score (nSPS) is 32.8. The zero-order valence-corrected chi connectivity index (χ0v) is 10.0. The van der Waals surface area contributed by atoms with Crippen molar-refractivity contribution in [3.63, 3.8) is 0 Å². The molecule has 0 aromatic heterocycles. The number of amides is 1. The van der Waals surface area contributed by atoms with Gasteiger partial charge >= 0.3 is 6.09 Å². The minimum Gasteiger partial charge on any atom is -0.444 e. The first-order valence-electron chi connectivity index (χ1n) is 5.64. The van der Waals surface area contributed by atoms with Crippen molar-refractivity contribution < 1.29 is 19.0 Å². The minimum atomic E-state index is -0.457. The Morgan fingerprint density at radius 2 is 2.31 bits per heavy atom. The molecule has 5 heteroatoms. The molecule has 2 heterocycles. The Morgan fingerprint density at radius 1 is 1.56 bits per heavy atom. The van der Waals surface area contributed by atoms with Gasteiger partial charge in [-0.1, -0.05) is 0 Å². The molecule has 2 saturated heterocycles.